The Bertz CT molecular complexity index is 269. The molecule has 0 spiro atoms. The molecule has 0 fully saturated rings. The Hall–Kier alpha value is 0.0201. The molecule has 2 aromatic rings. The van der Waals surface area contributed by atoms with Crippen molar-refractivity contribution in [2.24, 2.45) is 0 Å². The molecule has 16 heavy (non-hydrogen) atoms. The average molecular weight is 422 g/mol. The summed E-state index contributed by atoms with van der Waals surface area (Å²) in [6.07, 6.45) is 0. The molecule has 0 radical (unpaired) electrons. The van der Waals surface area contributed by atoms with Crippen LogP contribution in [0.3, 0.4) is 0 Å². The van der Waals surface area contributed by atoms with Crippen molar-refractivity contribution in [3.8, 4) is 0 Å². The molecule has 0 N–H and O–H groups in total. The van der Waals surface area contributed by atoms with Crippen molar-refractivity contribution in [3.05, 3.63) is 60.7 Å². The molecule has 0 saturated carbocycles. The molecular weight excluding hydrogens is 406 g/mol. The number of rotatable bonds is 0. The van der Waals surface area contributed by atoms with Gasteiger partial charge in [-0.2, -0.15) is 36.4 Å². The Morgan fingerprint density at radius 2 is 1.06 bits per heavy atom. The first-order chi connectivity index (χ1) is 7.64. The molecule has 0 unspecified atom stereocenters. The van der Waals surface area contributed by atoms with E-state index < -0.39 is 18.6 Å². The van der Waals surface area contributed by atoms with E-state index in [-0.39, 0.29) is 0 Å². The van der Waals surface area contributed by atoms with Crippen molar-refractivity contribution < 1.29 is 18.6 Å². The molecule has 2 aromatic carbocycles. The zero-order chi connectivity index (χ0) is 12.2. The van der Waals surface area contributed by atoms with Crippen molar-refractivity contribution >= 4 is 20.4 Å². The van der Waals surface area contributed by atoms with Gasteiger partial charge in [-0.25, -0.2) is 24.3 Å². The molecular formula is C13H16Cl2Hf-2. The average Bonchev–Trinajstić information content (AvgIpc) is 2.97. The van der Waals surface area contributed by atoms with Gasteiger partial charge < -0.3 is 0 Å². The van der Waals surface area contributed by atoms with Crippen molar-refractivity contribution in [2.45, 2.75) is 13.8 Å². The predicted molar refractivity (Wildman–Crippen MR) is 72.1 cm³/mol. The topological polar surface area (TPSA) is 0 Å². The predicted octanol–water partition coefficient (Wildman–Crippen LogP) is 4.94. The number of hydrogen-bond acceptors (Lipinski definition) is 0. The smallest absolute Gasteiger partial charge is 0.172 e. The molecule has 0 aliphatic carbocycles. The Morgan fingerprint density at radius 3 is 1.12 bits per heavy atom. The zero-order valence-corrected chi connectivity index (χ0v) is 14.6. The third-order valence-corrected chi connectivity index (χ3v) is 10.4. The molecule has 0 amide bonds. The second kappa shape index (κ2) is 11.5. The van der Waals surface area contributed by atoms with Crippen LogP contribution in [-0.2, 0) is 18.6 Å². The van der Waals surface area contributed by atoms with E-state index in [4.69, 9.17) is 17.2 Å². The fourth-order valence-corrected chi connectivity index (χ4v) is 0.642. The molecule has 0 aliphatic heterocycles. The van der Waals surface area contributed by atoms with Gasteiger partial charge in [-0.05, 0) is 0 Å². The van der Waals surface area contributed by atoms with Crippen LogP contribution >= 0.6 is 17.2 Å². The largest absolute Gasteiger partial charge is 0.214 e. The Morgan fingerprint density at radius 1 is 0.812 bits per heavy atom. The van der Waals surface area contributed by atoms with Crippen LogP contribution in [0.15, 0.2) is 60.7 Å². The maximum Gasteiger partial charge on any atom is -0.172 e. The van der Waals surface area contributed by atoms with Gasteiger partial charge in [0, 0.05) is 0 Å². The van der Waals surface area contributed by atoms with Gasteiger partial charge in [-0.15, -0.1) is 0 Å². The van der Waals surface area contributed by atoms with Gasteiger partial charge in [-0.1, -0.05) is 0 Å². The van der Waals surface area contributed by atoms with E-state index in [1.807, 2.05) is 74.5 Å². The summed E-state index contributed by atoms with van der Waals surface area (Å²) in [6, 6.07) is 20.0. The molecule has 0 nitrogen and oxygen atoms in total. The third kappa shape index (κ3) is 12.1. The minimum atomic E-state index is -1.97. The van der Waals surface area contributed by atoms with E-state index in [1.165, 1.54) is 3.26 Å². The maximum atomic E-state index is 5.55. The summed E-state index contributed by atoms with van der Waals surface area (Å²) in [7, 11) is 11.1. The summed E-state index contributed by atoms with van der Waals surface area (Å²) in [5.41, 5.74) is 0. The summed E-state index contributed by atoms with van der Waals surface area (Å²) in [5.74, 6) is 0. The van der Waals surface area contributed by atoms with Crippen molar-refractivity contribution in [1.29, 1.82) is 0 Å². The zero-order valence-electron chi connectivity index (χ0n) is 9.53. The van der Waals surface area contributed by atoms with Crippen LogP contribution in [0.4, 0.5) is 0 Å². The first-order valence-corrected chi connectivity index (χ1v) is 15.7. The summed E-state index contributed by atoms with van der Waals surface area (Å²) in [5, 5.41) is 0. The molecule has 0 atom stereocenters. The van der Waals surface area contributed by atoms with Crippen LogP contribution in [0.1, 0.15) is 13.8 Å². The van der Waals surface area contributed by atoms with E-state index in [2.05, 4.69) is 0 Å². The molecule has 0 heterocycles. The SMILES string of the molecule is C[C](C)=[Hf]([Cl])[Cl].c1cc[cH-]c1.c1cc[cH-]c1. The van der Waals surface area contributed by atoms with Gasteiger partial charge in [0.05, 0.1) is 0 Å². The van der Waals surface area contributed by atoms with Gasteiger partial charge >= 0.3 is 52.8 Å². The monoisotopic (exact) mass is 422 g/mol. The Balaban J connectivity index is 0.000000211. The minimum Gasteiger partial charge on any atom is -0.214 e. The third-order valence-electron chi connectivity index (χ3n) is 1.49. The van der Waals surface area contributed by atoms with Crippen LogP contribution < -0.4 is 0 Å². The maximum absolute atomic E-state index is 5.55. The standard InChI is InChI=1S/2C5H5.C3H6.2ClH.Hf/c2*1-2-4-5-3-1;1-3-2;;;/h2*1-5H;1-2H3;2*1H;/q2*-1;;;;+2/p-2. The molecule has 3 heteroatoms. The van der Waals surface area contributed by atoms with E-state index in [1.54, 1.807) is 0 Å². The van der Waals surface area contributed by atoms with Gasteiger partial charge in [0.2, 0.25) is 0 Å². The summed E-state index contributed by atoms with van der Waals surface area (Å²) < 4.78 is 1.25. The van der Waals surface area contributed by atoms with Crippen LogP contribution in [0.2, 0.25) is 0 Å². The van der Waals surface area contributed by atoms with Crippen LogP contribution in [-0.4, -0.2) is 3.26 Å². The fraction of sp³-hybridized carbons (Fsp3) is 0.154. The van der Waals surface area contributed by atoms with E-state index in [9.17, 15) is 0 Å². The number of halogens is 2. The minimum absolute atomic E-state index is 1.25. The Labute approximate surface area is 113 Å². The second-order valence-electron chi connectivity index (χ2n) is 3.18. The Kier molecular flexibility index (Phi) is 11.5. The van der Waals surface area contributed by atoms with Crippen LogP contribution in [0, 0.1) is 0 Å². The van der Waals surface area contributed by atoms with E-state index in [0.29, 0.717) is 0 Å². The van der Waals surface area contributed by atoms with Gasteiger partial charge in [-0.3, -0.25) is 0 Å². The molecule has 88 valence electrons. The summed E-state index contributed by atoms with van der Waals surface area (Å²) in [6.45, 7) is 3.98. The normalized spacial score (nSPS) is 8.00. The first kappa shape index (κ1) is 16.0. The molecule has 0 saturated heterocycles. The van der Waals surface area contributed by atoms with E-state index in [0.717, 1.165) is 0 Å². The molecule has 0 bridgehead atoms. The quantitative estimate of drug-likeness (QED) is 0.418. The first-order valence-electron chi connectivity index (χ1n) is 4.96. The second-order valence-corrected chi connectivity index (χ2v) is 16.4. The van der Waals surface area contributed by atoms with Crippen LogP contribution in [0.5, 0.6) is 0 Å². The fourth-order valence-electron chi connectivity index (χ4n) is 0.642. The van der Waals surface area contributed by atoms with Crippen LogP contribution in [0.25, 0.3) is 0 Å². The van der Waals surface area contributed by atoms with E-state index >= 15 is 0 Å². The van der Waals surface area contributed by atoms with Crippen molar-refractivity contribution in [1.82, 2.24) is 0 Å². The van der Waals surface area contributed by atoms with Crippen molar-refractivity contribution in [3.63, 3.8) is 0 Å². The molecule has 2 rings (SSSR count). The molecule has 0 aliphatic rings. The van der Waals surface area contributed by atoms with Gasteiger partial charge in [0.15, 0.2) is 0 Å². The number of hydrogen-bond donors (Lipinski definition) is 0. The van der Waals surface area contributed by atoms with Crippen molar-refractivity contribution in [2.75, 3.05) is 0 Å². The van der Waals surface area contributed by atoms with Gasteiger partial charge in [0.1, 0.15) is 0 Å². The summed E-state index contributed by atoms with van der Waals surface area (Å²) in [4.78, 5) is 0. The summed E-state index contributed by atoms with van der Waals surface area (Å²) >= 11 is -1.97. The molecule has 0 aromatic heterocycles. The van der Waals surface area contributed by atoms with Gasteiger partial charge in [0.25, 0.3) is 0 Å².